The zero-order valence-electron chi connectivity index (χ0n) is 9.99. The number of rotatable bonds is 4. The van der Waals surface area contributed by atoms with Crippen LogP contribution in [0.4, 0.5) is 0 Å². The van der Waals surface area contributed by atoms with E-state index >= 15 is 0 Å². The first-order valence-corrected chi connectivity index (χ1v) is 7.34. The van der Waals surface area contributed by atoms with Crippen molar-refractivity contribution in [2.75, 3.05) is 25.1 Å². The molecular weight excluding hydrogens is 214 g/mol. The summed E-state index contributed by atoms with van der Waals surface area (Å²) in [6, 6.07) is 11.0. The van der Waals surface area contributed by atoms with Crippen molar-refractivity contribution in [2.24, 2.45) is 5.92 Å². The van der Waals surface area contributed by atoms with Gasteiger partial charge in [-0.25, -0.2) is 0 Å². The Morgan fingerprint density at radius 1 is 1.25 bits per heavy atom. The van der Waals surface area contributed by atoms with E-state index in [4.69, 9.17) is 0 Å². The SMILES string of the molecule is CNCC(c1ccccc1)C1CCSCC1. The Morgan fingerprint density at radius 3 is 2.56 bits per heavy atom. The van der Waals surface area contributed by atoms with Crippen LogP contribution in [0.1, 0.15) is 24.3 Å². The van der Waals surface area contributed by atoms with Crippen molar-refractivity contribution in [3.05, 3.63) is 35.9 Å². The smallest absolute Gasteiger partial charge is 0.00198 e. The number of thioether (sulfide) groups is 1. The molecule has 1 saturated heterocycles. The molecule has 2 heteroatoms. The molecule has 1 aromatic rings. The van der Waals surface area contributed by atoms with E-state index in [0.717, 1.165) is 12.5 Å². The second-order valence-electron chi connectivity index (χ2n) is 4.52. The van der Waals surface area contributed by atoms with Crippen LogP contribution in [0.25, 0.3) is 0 Å². The second kappa shape index (κ2) is 6.31. The third-order valence-corrected chi connectivity index (χ3v) is 4.54. The molecule has 1 fully saturated rings. The van der Waals surface area contributed by atoms with Crippen LogP contribution < -0.4 is 5.32 Å². The minimum absolute atomic E-state index is 0.701. The van der Waals surface area contributed by atoms with E-state index in [1.807, 2.05) is 0 Å². The van der Waals surface area contributed by atoms with Crippen LogP contribution in [-0.4, -0.2) is 25.1 Å². The molecule has 88 valence electrons. The van der Waals surface area contributed by atoms with Crippen molar-refractivity contribution in [1.82, 2.24) is 5.32 Å². The fraction of sp³-hybridized carbons (Fsp3) is 0.571. The molecule has 1 heterocycles. The number of likely N-dealkylation sites (N-methyl/N-ethyl adjacent to an activating group) is 1. The maximum absolute atomic E-state index is 3.36. The molecule has 0 radical (unpaired) electrons. The fourth-order valence-corrected chi connectivity index (χ4v) is 3.74. The molecule has 16 heavy (non-hydrogen) atoms. The summed E-state index contributed by atoms with van der Waals surface area (Å²) in [5.74, 6) is 4.26. The van der Waals surface area contributed by atoms with Gasteiger partial charge in [0.2, 0.25) is 0 Å². The number of hydrogen-bond donors (Lipinski definition) is 1. The van der Waals surface area contributed by atoms with E-state index in [0.29, 0.717) is 5.92 Å². The quantitative estimate of drug-likeness (QED) is 0.860. The van der Waals surface area contributed by atoms with Crippen molar-refractivity contribution in [2.45, 2.75) is 18.8 Å². The molecule has 0 saturated carbocycles. The lowest BCUT2D eigenvalue weighted by Crippen LogP contribution is -2.26. The van der Waals surface area contributed by atoms with E-state index in [-0.39, 0.29) is 0 Å². The first kappa shape index (κ1) is 12.0. The van der Waals surface area contributed by atoms with Crippen molar-refractivity contribution in [3.63, 3.8) is 0 Å². The predicted octanol–water partition coefficient (Wildman–Crippen LogP) is 3.13. The molecule has 0 aliphatic carbocycles. The molecule has 0 bridgehead atoms. The summed E-state index contributed by atoms with van der Waals surface area (Å²) in [6.45, 7) is 1.11. The summed E-state index contributed by atoms with van der Waals surface area (Å²) in [5, 5.41) is 3.36. The lowest BCUT2D eigenvalue weighted by Gasteiger charge is -2.30. The van der Waals surface area contributed by atoms with Gasteiger partial charge in [0, 0.05) is 6.54 Å². The van der Waals surface area contributed by atoms with Crippen LogP contribution in [-0.2, 0) is 0 Å². The number of nitrogens with one attached hydrogen (secondary N) is 1. The van der Waals surface area contributed by atoms with E-state index in [9.17, 15) is 0 Å². The molecule has 1 atom stereocenters. The van der Waals surface area contributed by atoms with Crippen molar-refractivity contribution < 1.29 is 0 Å². The van der Waals surface area contributed by atoms with Gasteiger partial charge in [0.15, 0.2) is 0 Å². The Morgan fingerprint density at radius 2 is 1.94 bits per heavy atom. The first-order valence-electron chi connectivity index (χ1n) is 6.19. The molecule has 1 aliphatic rings. The highest BCUT2D eigenvalue weighted by Crippen LogP contribution is 2.34. The van der Waals surface area contributed by atoms with Crippen LogP contribution in [0.3, 0.4) is 0 Å². The molecule has 0 amide bonds. The van der Waals surface area contributed by atoms with Gasteiger partial charge >= 0.3 is 0 Å². The van der Waals surface area contributed by atoms with Gasteiger partial charge < -0.3 is 5.32 Å². The van der Waals surface area contributed by atoms with Crippen LogP contribution in [0.2, 0.25) is 0 Å². The molecule has 2 rings (SSSR count). The highest BCUT2D eigenvalue weighted by atomic mass is 32.2. The van der Waals surface area contributed by atoms with Gasteiger partial charge in [-0.1, -0.05) is 30.3 Å². The number of benzene rings is 1. The minimum Gasteiger partial charge on any atom is -0.319 e. The number of hydrogen-bond acceptors (Lipinski definition) is 2. The van der Waals surface area contributed by atoms with Gasteiger partial charge in [0.1, 0.15) is 0 Å². The molecule has 1 N–H and O–H groups in total. The normalized spacial score (nSPS) is 19.6. The van der Waals surface area contributed by atoms with Crippen LogP contribution in [0.15, 0.2) is 30.3 Å². The van der Waals surface area contributed by atoms with E-state index in [2.05, 4.69) is 54.5 Å². The van der Waals surface area contributed by atoms with Gasteiger partial charge in [-0.15, -0.1) is 0 Å². The molecule has 0 aromatic heterocycles. The highest BCUT2D eigenvalue weighted by molar-refractivity contribution is 7.99. The second-order valence-corrected chi connectivity index (χ2v) is 5.75. The molecular formula is C14H21NS. The van der Waals surface area contributed by atoms with Gasteiger partial charge in [-0.2, -0.15) is 11.8 Å². The Hall–Kier alpha value is -0.470. The lowest BCUT2D eigenvalue weighted by atomic mass is 9.82. The Kier molecular flexibility index (Phi) is 4.73. The first-order chi connectivity index (χ1) is 7.92. The third-order valence-electron chi connectivity index (χ3n) is 3.49. The van der Waals surface area contributed by atoms with Crippen LogP contribution in [0, 0.1) is 5.92 Å². The lowest BCUT2D eigenvalue weighted by molar-refractivity contribution is 0.386. The Bertz CT molecular complexity index is 293. The average Bonchev–Trinajstić information content (AvgIpc) is 2.38. The summed E-state index contributed by atoms with van der Waals surface area (Å²) in [5.41, 5.74) is 1.51. The topological polar surface area (TPSA) is 12.0 Å². The molecule has 1 aliphatic heterocycles. The standard InChI is InChI=1S/C14H21NS/c1-15-11-14(12-5-3-2-4-6-12)13-7-9-16-10-8-13/h2-6,13-15H,7-11H2,1H3. The maximum Gasteiger partial charge on any atom is 0.00198 e. The van der Waals surface area contributed by atoms with E-state index in [1.165, 1.54) is 29.9 Å². The van der Waals surface area contributed by atoms with E-state index in [1.54, 1.807) is 0 Å². The third kappa shape index (κ3) is 3.02. The summed E-state index contributed by atoms with van der Waals surface area (Å²) >= 11 is 2.11. The summed E-state index contributed by atoms with van der Waals surface area (Å²) in [6.07, 6.45) is 2.76. The summed E-state index contributed by atoms with van der Waals surface area (Å²) in [4.78, 5) is 0. The van der Waals surface area contributed by atoms with E-state index < -0.39 is 0 Å². The maximum atomic E-state index is 3.36. The van der Waals surface area contributed by atoms with Gasteiger partial charge in [-0.05, 0) is 48.8 Å². The van der Waals surface area contributed by atoms with Gasteiger partial charge in [-0.3, -0.25) is 0 Å². The monoisotopic (exact) mass is 235 g/mol. The van der Waals surface area contributed by atoms with Gasteiger partial charge in [0.25, 0.3) is 0 Å². The average molecular weight is 235 g/mol. The summed E-state index contributed by atoms with van der Waals surface area (Å²) < 4.78 is 0. The highest BCUT2D eigenvalue weighted by Gasteiger charge is 2.24. The fourth-order valence-electron chi connectivity index (χ4n) is 2.60. The Labute approximate surface area is 103 Å². The van der Waals surface area contributed by atoms with Gasteiger partial charge in [0.05, 0.1) is 0 Å². The minimum atomic E-state index is 0.701. The molecule has 0 spiro atoms. The van der Waals surface area contributed by atoms with Crippen molar-refractivity contribution in [1.29, 1.82) is 0 Å². The zero-order chi connectivity index (χ0) is 11.2. The summed E-state index contributed by atoms with van der Waals surface area (Å²) in [7, 11) is 2.06. The zero-order valence-corrected chi connectivity index (χ0v) is 10.8. The van der Waals surface area contributed by atoms with Crippen molar-refractivity contribution in [3.8, 4) is 0 Å². The van der Waals surface area contributed by atoms with Crippen LogP contribution >= 0.6 is 11.8 Å². The van der Waals surface area contributed by atoms with Crippen molar-refractivity contribution >= 4 is 11.8 Å². The molecule has 1 unspecified atom stereocenters. The molecule has 1 nitrogen and oxygen atoms in total. The van der Waals surface area contributed by atoms with Crippen LogP contribution in [0.5, 0.6) is 0 Å². The Balaban J connectivity index is 2.09. The predicted molar refractivity (Wildman–Crippen MR) is 73.2 cm³/mol. The largest absolute Gasteiger partial charge is 0.319 e. The molecule has 1 aromatic carbocycles.